The Morgan fingerprint density at radius 1 is 1.29 bits per heavy atom. The molecule has 1 heterocycles. The zero-order chi connectivity index (χ0) is 17.0. The first kappa shape index (κ1) is 17.6. The Balaban J connectivity index is 1.69. The summed E-state index contributed by atoms with van der Waals surface area (Å²) in [5.74, 6) is 2.09. The van der Waals surface area contributed by atoms with Gasteiger partial charge in [-0.05, 0) is 42.8 Å². The molecular formula is C19H24N2OS2. The zero-order valence-electron chi connectivity index (χ0n) is 14.3. The summed E-state index contributed by atoms with van der Waals surface area (Å²) in [6, 6.07) is 10.4. The molecule has 1 fully saturated rings. The van der Waals surface area contributed by atoms with Crippen molar-refractivity contribution in [1.29, 1.82) is 0 Å². The summed E-state index contributed by atoms with van der Waals surface area (Å²) in [6.45, 7) is 2.11. The first-order valence-electron chi connectivity index (χ1n) is 8.38. The van der Waals surface area contributed by atoms with Crippen molar-refractivity contribution in [2.45, 2.75) is 32.2 Å². The van der Waals surface area contributed by atoms with Crippen molar-refractivity contribution >= 4 is 28.6 Å². The molecule has 24 heavy (non-hydrogen) atoms. The fourth-order valence-electron chi connectivity index (χ4n) is 3.27. The first-order chi connectivity index (χ1) is 11.7. The SMILES string of the molecule is CSCC1(CSC(=O)c2cncn2[C@H](C)c2ccccc2)CCC1. The minimum Gasteiger partial charge on any atom is -0.320 e. The second kappa shape index (κ2) is 7.79. The van der Waals surface area contributed by atoms with Crippen LogP contribution in [-0.2, 0) is 0 Å². The molecule has 3 rings (SSSR count). The van der Waals surface area contributed by atoms with Crippen LogP contribution in [0.2, 0.25) is 0 Å². The Morgan fingerprint density at radius 2 is 2.04 bits per heavy atom. The molecule has 0 amide bonds. The number of thioether (sulfide) groups is 2. The van der Waals surface area contributed by atoms with Gasteiger partial charge in [0.15, 0.2) is 0 Å². The van der Waals surface area contributed by atoms with Crippen molar-refractivity contribution in [2.24, 2.45) is 5.41 Å². The van der Waals surface area contributed by atoms with E-state index in [0.717, 1.165) is 11.5 Å². The van der Waals surface area contributed by atoms with Crippen LogP contribution in [0.3, 0.4) is 0 Å². The van der Waals surface area contributed by atoms with Crippen LogP contribution < -0.4 is 0 Å². The Labute approximate surface area is 152 Å². The van der Waals surface area contributed by atoms with Crippen molar-refractivity contribution in [3.8, 4) is 0 Å². The second-order valence-corrected chi connectivity index (χ2v) is 8.45. The molecule has 0 unspecified atom stereocenters. The van der Waals surface area contributed by atoms with Gasteiger partial charge in [0.05, 0.1) is 18.6 Å². The predicted molar refractivity (Wildman–Crippen MR) is 104 cm³/mol. The molecule has 0 aliphatic heterocycles. The molecule has 0 spiro atoms. The molecule has 0 N–H and O–H groups in total. The highest BCUT2D eigenvalue weighted by molar-refractivity contribution is 8.14. The molecular weight excluding hydrogens is 336 g/mol. The Kier molecular flexibility index (Phi) is 5.72. The lowest BCUT2D eigenvalue weighted by atomic mass is 9.72. The highest BCUT2D eigenvalue weighted by atomic mass is 32.2. The van der Waals surface area contributed by atoms with E-state index in [4.69, 9.17) is 0 Å². The summed E-state index contributed by atoms with van der Waals surface area (Å²) in [5, 5.41) is 0.141. The summed E-state index contributed by atoms with van der Waals surface area (Å²) in [4.78, 5) is 17.0. The molecule has 5 heteroatoms. The van der Waals surface area contributed by atoms with Crippen LogP contribution in [-0.4, -0.2) is 32.4 Å². The smallest absolute Gasteiger partial charge is 0.237 e. The molecule has 1 saturated carbocycles. The van der Waals surface area contributed by atoms with Gasteiger partial charge in [-0.3, -0.25) is 4.79 Å². The number of nitrogens with zero attached hydrogens (tertiary/aromatic N) is 2. The van der Waals surface area contributed by atoms with E-state index in [2.05, 4.69) is 30.3 Å². The third kappa shape index (κ3) is 3.72. The van der Waals surface area contributed by atoms with Crippen molar-refractivity contribution < 1.29 is 4.79 Å². The van der Waals surface area contributed by atoms with Crippen LogP contribution >= 0.6 is 23.5 Å². The van der Waals surface area contributed by atoms with Gasteiger partial charge in [0.2, 0.25) is 5.12 Å². The van der Waals surface area contributed by atoms with Crippen molar-refractivity contribution in [2.75, 3.05) is 17.8 Å². The lowest BCUT2D eigenvalue weighted by Gasteiger charge is -2.41. The Hall–Kier alpha value is -1.20. The quantitative estimate of drug-likeness (QED) is 0.703. The van der Waals surface area contributed by atoms with Crippen LogP contribution in [0, 0.1) is 5.41 Å². The van der Waals surface area contributed by atoms with Gasteiger partial charge in [0.25, 0.3) is 0 Å². The number of rotatable bonds is 7. The zero-order valence-corrected chi connectivity index (χ0v) is 15.9. The summed E-state index contributed by atoms with van der Waals surface area (Å²) in [7, 11) is 0. The molecule has 1 aliphatic carbocycles. The van der Waals surface area contributed by atoms with Crippen molar-refractivity contribution in [3.63, 3.8) is 0 Å². The molecule has 0 radical (unpaired) electrons. The summed E-state index contributed by atoms with van der Waals surface area (Å²) >= 11 is 3.37. The normalized spacial score (nSPS) is 17.2. The Morgan fingerprint density at radius 3 is 2.67 bits per heavy atom. The average molecular weight is 361 g/mol. The number of hydrogen-bond donors (Lipinski definition) is 0. The van der Waals surface area contributed by atoms with Gasteiger partial charge >= 0.3 is 0 Å². The molecule has 128 valence electrons. The van der Waals surface area contributed by atoms with E-state index in [9.17, 15) is 4.79 Å². The second-order valence-electron chi connectivity index (χ2n) is 6.64. The number of aromatic nitrogens is 2. The number of benzene rings is 1. The number of carbonyl (C=O) groups excluding carboxylic acids is 1. The van der Waals surface area contributed by atoms with E-state index in [1.807, 2.05) is 34.5 Å². The van der Waals surface area contributed by atoms with Gasteiger partial charge in [-0.15, -0.1) is 0 Å². The molecule has 2 aromatic rings. The molecule has 1 aliphatic rings. The Bertz CT molecular complexity index is 680. The minimum atomic E-state index is 0.108. The lowest BCUT2D eigenvalue weighted by molar-refractivity contribution is 0.107. The molecule has 0 saturated heterocycles. The van der Waals surface area contributed by atoms with Gasteiger partial charge < -0.3 is 4.57 Å². The third-order valence-corrected chi connectivity index (χ3v) is 7.08. The third-order valence-electron chi connectivity index (χ3n) is 4.95. The number of carbonyl (C=O) groups is 1. The average Bonchev–Trinajstić information content (AvgIpc) is 3.06. The standard InChI is InChI=1S/C19H24N2OS2/c1-15(16-7-4-3-5-8-16)21-14-20-11-17(21)18(22)24-13-19(12-23-2)9-6-10-19/h3-5,7-8,11,14-15H,6,9-10,12-13H2,1-2H3/t15-/m1/s1. The van der Waals surface area contributed by atoms with Crippen LogP contribution in [0.15, 0.2) is 42.9 Å². The van der Waals surface area contributed by atoms with Crippen LogP contribution in [0.1, 0.15) is 48.3 Å². The van der Waals surface area contributed by atoms with E-state index in [1.165, 1.54) is 36.6 Å². The van der Waals surface area contributed by atoms with Crippen LogP contribution in [0.4, 0.5) is 0 Å². The highest BCUT2D eigenvalue weighted by Gasteiger charge is 2.37. The van der Waals surface area contributed by atoms with E-state index in [-0.39, 0.29) is 11.2 Å². The topological polar surface area (TPSA) is 34.9 Å². The van der Waals surface area contributed by atoms with E-state index in [1.54, 1.807) is 12.5 Å². The fraction of sp³-hybridized carbons (Fsp3) is 0.474. The van der Waals surface area contributed by atoms with Crippen molar-refractivity contribution in [1.82, 2.24) is 9.55 Å². The summed E-state index contributed by atoms with van der Waals surface area (Å²) in [5.41, 5.74) is 2.26. The molecule has 1 aromatic heterocycles. The predicted octanol–water partition coefficient (Wildman–Crippen LogP) is 4.90. The van der Waals surface area contributed by atoms with Gasteiger partial charge in [0.1, 0.15) is 5.69 Å². The molecule has 1 atom stereocenters. The summed E-state index contributed by atoms with van der Waals surface area (Å²) < 4.78 is 1.99. The van der Waals surface area contributed by atoms with E-state index >= 15 is 0 Å². The molecule has 1 aromatic carbocycles. The van der Waals surface area contributed by atoms with E-state index in [0.29, 0.717) is 11.1 Å². The maximum Gasteiger partial charge on any atom is 0.237 e. The fourth-order valence-corrected chi connectivity index (χ4v) is 5.54. The van der Waals surface area contributed by atoms with Gasteiger partial charge in [-0.1, -0.05) is 48.5 Å². The maximum absolute atomic E-state index is 12.7. The van der Waals surface area contributed by atoms with Crippen LogP contribution in [0.25, 0.3) is 0 Å². The monoisotopic (exact) mass is 360 g/mol. The lowest BCUT2D eigenvalue weighted by Crippen LogP contribution is -2.35. The van der Waals surface area contributed by atoms with Crippen LogP contribution in [0.5, 0.6) is 0 Å². The van der Waals surface area contributed by atoms with Gasteiger partial charge in [-0.2, -0.15) is 11.8 Å². The highest BCUT2D eigenvalue weighted by Crippen LogP contribution is 2.45. The first-order valence-corrected chi connectivity index (χ1v) is 10.8. The molecule has 3 nitrogen and oxygen atoms in total. The maximum atomic E-state index is 12.7. The molecule has 0 bridgehead atoms. The van der Waals surface area contributed by atoms with Gasteiger partial charge in [0, 0.05) is 5.75 Å². The largest absolute Gasteiger partial charge is 0.320 e. The van der Waals surface area contributed by atoms with Gasteiger partial charge in [-0.25, -0.2) is 4.98 Å². The summed E-state index contributed by atoms with van der Waals surface area (Å²) in [6.07, 6.45) is 9.45. The minimum absolute atomic E-state index is 0.108. The number of hydrogen-bond acceptors (Lipinski definition) is 4. The number of imidazole rings is 1. The van der Waals surface area contributed by atoms with Crippen molar-refractivity contribution in [3.05, 3.63) is 54.1 Å². The van der Waals surface area contributed by atoms with E-state index < -0.39 is 0 Å².